The van der Waals surface area contributed by atoms with Crippen LogP contribution >= 0.6 is 27.5 Å². The van der Waals surface area contributed by atoms with Gasteiger partial charge in [0.05, 0.1) is 10.7 Å². The van der Waals surface area contributed by atoms with Crippen LogP contribution in [0.1, 0.15) is 10.4 Å². The van der Waals surface area contributed by atoms with Crippen molar-refractivity contribution in [2.24, 2.45) is 0 Å². The minimum Gasteiger partial charge on any atom is -0.398 e. The Kier molecular flexibility index (Phi) is 2.52. The van der Waals surface area contributed by atoms with Crippen LogP contribution < -0.4 is 5.73 Å². The molecule has 0 amide bonds. The number of anilines is 1. The lowest BCUT2D eigenvalue weighted by Gasteiger charge is -2.00. The molecule has 0 bridgehead atoms. The van der Waals surface area contributed by atoms with E-state index in [-0.39, 0.29) is 0 Å². The van der Waals surface area contributed by atoms with Crippen LogP contribution in [0.25, 0.3) is 0 Å². The summed E-state index contributed by atoms with van der Waals surface area (Å²) in [6.45, 7) is 0. The van der Waals surface area contributed by atoms with Crippen LogP contribution in [0.2, 0.25) is 5.02 Å². The van der Waals surface area contributed by atoms with Crippen molar-refractivity contribution >= 4 is 39.5 Å². The lowest BCUT2D eigenvalue weighted by Crippen LogP contribution is -1.90. The molecule has 0 aromatic heterocycles. The van der Waals surface area contributed by atoms with Crippen LogP contribution in [0.15, 0.2) is 16.6 Å². The number of carbonyl (C=O) groups is 1. The number of halogens is 2. The smallest absolute Gasteiger partial charge is 0.151 e. The van der Waals surface area contributed by atoms with Crippen molar-refractivity contribution in [2.45, 2.75) is 0 Å². The maximum atomic E-state index is 10.4. The van der Waals surface area contributed by atoms with Gasteiger partial charge in [-0.05, 0) is 12.1 Å². The van der Waals surface area contributed by atoms with Crippen molar-refractivity contribution in [3.05, 3.63) is 27.2 Å². The molecule has 0 aliphatic rings. The Hall–Kier alpha value is -0.540. The van der Waals surface area contributed by atoms with Crippen molar-refractivity contribution < 1.29 is 4.79 Å². The monoisotopic (exact) mass is 233 g/mol. The first-order valence-corrected chi connectivity index (χ1v) is 4.02. The first kappa shape index (κ1) is 8.56. The summed E-state index contributed by atoms with van der Waals surface area (Å²) in [6.07, 6.45) is 0.719. The van der Waals surface area contributed by atoms with Crippen LogP contribution in [0.3, 0.4) is 0 Å². The second-order valence-corrected chi connectivity index (χ2v) is 3.27. The maximum absolute atomic E-state index is 10.4. The molecule has 2 N–H and O–H groups in total. The lowest BCUT2D eigenvalue weighted by molar-refractivity contribution is 0.112. The van der Waals surface area contributed by atoms with E-state index in [0.29, 0.717) is 20.7 Å². The molecule has 58 valence electrons. The van der Waals surface area contributed by atoms with E-state index >= 15 is 0 Å². The molecule has 0 heterocycles. The van der Waals surface area contributed by atoms with Gasteiger partial charge >= 0.3 is 0 Å². The van der Waals surface area contributed by atoms with Gasteiger partial charge in [-0.2, -0.15) is 0 Å². The number of carbonyl (C=O) groups excluding carboxylic acids is 1. The molecule has 0 saturated carbocycles. The predicted molar refractivity (Wildman–Crippen MR) is 49.0 cm³/mol. The Balaban J connectivity index is 3.31. The molecule has 0 unspecified atom stereocenters. The Labute approximate surface area is 77.5 Å². The van der Waals surface area contributed by atoms with E-state index in [2.05, 4.69) is 15.9 Å². The predicted octanol–water partition coefficient (Wildman–Crippen LogP) is 2.50. The molecule has 1 rings (SSSR count). The second kappa shape index (κ2) is 3.24. The largest absolute Gasteiger partial charge is 0.398 e. The summed E-state index contributed by atoms with van der Waals surface area (Å²) >= 11 is 8.84. The van der Waals surface area contributed by atoms with Gasteiger partial charge < -0.3 is 5.73 Å². The van der Waals surface area contributed by atoms with Crippen molar-refractivity contribution in [2.75, 3.05) is 5.73 Å². The molecule has 0 aliphatic heterocycles. The third-order valence-corrected chi connectivity index (χ3v) is 2.26. The third-order valence-electron chi connectivity index (χ3n) is 1.24. The van der Waals surface area contributed by atoms with Crippen molar-refractivity contribution in [3.63, 3.8) is 0 Å². The molecule has 4 heteroatoms. The van der Waals surface area contributed by atoms with Gasteiger partial charge in [0.25, 0.3) is 0 Å². The van der Waals surface area contributed by atoms with Crippen LogP contribution in [-0.4, -0.2) is 6.29 Å². The summed E-state index contributed by atoms with van der Waals surface area (Å²) in [5.74, 6) is 0. The summed E-state index contributed by atoms with van der Waals surface area (Å²) in [4.78, 5) is 10.4. The number of nitrogen functional groups attached to an aromatic ring is 1. The van der Waals surface area contributed by atoms with Crippen LogP contribution in [-0.2, 0) is 0 Å². The van der Waals surface area contributed by atoms with Crippen molar-refractivity contribution in [1.82, 2.24) is 0 Å². The number of hydrogen-bond donors (Lipinski definition) is 1. The molecule has 0 fully saturated rings. The summed E-state index contributed by atoms with van der Waals surface area (Å²) < 4.78 is 0.659. The van der Waals surface area contributed by atoms with E-state index in [1.54, 1.807) is 6.07 Å². The Morgan fingerprint density at radius 2 is 2.18 bits per heavy atom. The van der Waals surface area contributed by atoms with E-state index < -0.39 is 0 Å². The first-order valence-electron chi connectivity index (χ1n) is 2.85. The summed E-state index contributed by atoms with van der Waals surface area (Å²) in [5, 5.41) is 0.447. The van der Waals surface area contributed by atoms with Gasteiger partial charge in [0.15, 0.2) is 6.29 Å². The van der Waals surface area contributed by atoms with Gasteiger partial charge in [0.2, 0.25) is 0 Å². The molecule has 11 heavy (non-hydrogen) atoms. The number of hydrogen-bond acceptors (Lipinski definition) is 2. The number of nitrogens with two attached hydrogens (primary N) is 1. The first-order chi connectivity index (χ1) is 5.15. The number of rotatable bonds is 1. The quantitative estimate of drug-likeness (QED) is 0.599. The van der Waals surface area contributed by atoms with Crippen LogP contribution in [0.5, 0.6) is 0 Å². The zero-order valence-electron chi connectivity index (χ0n) is 5.47. The van der Waals surface area contributed by atoms with Gasteiger partial charge in [-0.1, -0.05) is 27.5 Å². The molecular formula is C7H5BrClNO. The molecule has 0 atom stereocenters. The SMILES string of the molecule is Nc1cc(C=O)c(Br)cc1Cl. The molecule has 1 aromatic rings. The zero-order valence-corrected chi connectivity index (χ0v) is 7.82. The van der Waals surface area contributed by atoms with Gasteiger partial charge in [0.1, 0.15) is 0 Å². The zero-order chi connectivity index (χ0) is 8.43. The van der Waals surface area contributed by atoms with Gasteiger partial charge in [0, 0.05) is 10.0 Å². The molecular weight excluding hydrogens is 229 g/mol. The summed E-state index contributed by atoms with van der Waals surface area (Å²) in [7, 11) is 0. The van der Waals surface area contributed by atoms with Crippen LogP contribution in [0, 0.1) is 0 Å². The Bertz CT molecular complexity index is 301. The van der Waals surface area contributed by atoms with E-state index in [1.807, 2.05) is 0 Å². The minimum absolute atomic E-state index is 0.414. The van der Waals surface area contributed by atoms with Gasteiger partial charge in [-0.3, -0.25) is 4.79 Å². The van der Waals surface area contributed by atoms with E-state index in [1.165, 1.54) is 6.07 Å². The maximum Gasteiger partial charge on any atom is 0.151 e. The third kappa shape index (κ3) is 1.73. The van der Waals surface area contributed by atoms with Gasteiger partial charge in [-0.15, -0.1) is 0 Å². The number of aldehydes is 1. The molecule has 0 radical (unpaired) electrons. The van der Waals surface area contributed by atoms with Crippen molar-refractivity contribution in [1.29, 1.82) is 0 Å². The second-order valence-electron chi connectivity index (χ2n) is 2.01. The van der Waals surface area contributed by atoms with E-state index in [0.717, 1.165) is 6.29 Å². The highest BCUT2D eigenvalue weighted by atomic mass is 79.9. The van der Waals surface area contributed by atoms with Crippen molar-refractivity contribution in [3.8, 4) is 0 Å². The minimum atomic E-state index is 0.414. The average molecular weight is 234 g/mol. The highest BCUT2D eigenvalue weighted by Crippen LogP contribution is 2.26. The fraction of sp³-hybridized carbons (Fsp3) is 0. The molecule has 2 nitrogen and oxygen atoms in total. The normalized spacial score (nSPS) is 9.64. The molecule has 0 aliphatic carbocycles. The van der Waals surface area contributed by atoms with Gasteiger partial charge in [-0.25, -0.2) is 0 Å². The summed E-state index contributed by atoms with van der Waals surface area (Å²) in [6, 6.07) is 3.13. The topological polar surface area (TPSA) is 43.1 Å². The lowest BCUT2D eigenvalue weighted by atomic mass is 10.2. The average Bonchev–Trinajstić information content (AvgIpc) is 1.97. The fourth-order valence-electron chi connectivity index (χ4n) is 0.674. The molecule has 0 saturated heterocycles. The van der Waals surface area contributed by atoms with E-state index in [9.17, 15) is 4.79 Å². The summed E-state index contributed by atoms with van der Waals surface area (Å²) in [5.41, 5.74) is 6.37. The Morgan fingerprint density at radius 3 is 2.73 bits per heavy atom. The molecule has 1 aromatic carbocycles. The number of benzene rings is 1. The van der Waals surface area contributed by atoms with E-state index in [4.69, 9.17) is 17.3 Å². The molecule has 0 spiro atoms. The Morgan fingerprint density at radius 1 is 1.55 bits per heavy atom. The fourth-order valence-corrected chi connectivity index (χ4v) is 1.41. The highest BCUT2D eigenvalue weighted by Gasteiger charge is 2.02. The highest BCUT2D eigenvalue weighted by molar-refractivity contribution is 9.10. The van der Waals surface area contributed by atoms with Crippen LogP contribution in [0.4, 0.5) is 5.69 Å². The standard InChI is InChI=1S/C7H5BrClNO/c8-5-2-6(9)7(10)1-4(5)3-11/h1-3H,10H2.